The summed E-state index contributed by atoms with van der Waals surface area (Å²) in [5.41, 5.74) is 3.38. The van der Waals surface area contributed by atoms with E-state index in [0.29, 0.717) is 0 Å². The van der Waals surface area contributed by atoms with Crippen LogP contribution in [0.2, 0.25) is 0 Å². The molecule has 2 unspecified atom stereocenters. The Hall–Kier alpha value is -0.780. The van der Waals surface area contributed by atoms with Crippen molar-refractivity contribution >= 4 is 0 Å². The van der Waals surface area contributed by atoms with Crippen LogP contribution in [0.15, 0.2) is 24.3 Å². The number of hydrogen-bond donors (Lipinski definition) is 0. The Morgan fingerprint density at radius 1 is 0.750 bits per heavy atom. The first-order chi connectivity index (χ1) is 9.86. The lowest BCUT2D eigenvalue weighted by molar-refractivity contribution is 0.425. The van der Waals surface area contributed by atoms with Crippen molar-refractivity contribution in [2.24, 2.45) is 0 Å². The summed E-state index contributed by atoms with van der Waals surface area (Å²) in [6, 6.07) is 9.33. The number of hydrogen-bond acceptors (Lipinski definition) is 0. The van der Waals surface area contributed by atoms with Crippen molar-refractivity contribution < 1.29 is 0 Å². The van der Waals surface area contributed by atoms with E-state index < -0.39 is 0 Å². The van der Waals surface area contributed by atoms with E-state index >= 15 is 0 Å². The van der Waals surface area contributed by atoms with E-state index in [1.807, 2.05) is 0 Å². The molecular weight excluding hydrogens is 240 g/mol. The molecular formula is C20H32. The molecule has 0 amide bonds. The molecule has 1 aromatic rings. The van der Waals surface area contributed by atoms with E-state index in [-0.39, 0.29) is 0 Å². The third-order valence-corrected chi connectivity index (χ3v) is 5.05. The van der Waals surface area contributed by atoms with Crippen LogP contribution in [0.3, 0.4) is 0 Å². The average molecular weight is 272 g/mol. The maximum Gasteiger partial charge on any atom is -0.0159 e. The first-order valence-corrected chi connectivity index (χ1v) is 8.95. The number of fused-ring (bicyclic) bond motifs is 1. The highest BCUT2D eigenvalue weighted by Crippen LogP contribution is 2.43. The quantitative estimate of drug-likeness (QED) is 0.456. The smallest absolute Gasteiger partial charge is 0.0159 e. The summed E-state index contributed by atoms with van der Waals surface area (Å²) in [5, 5.41) is 0. The van der Waals surface area contributed by atoms with Crippen LogP contribution in [0, 0.1) is 0 Å². The third-order valence-electron chi connectivity index (χ3n) is 5.05. The van der Waals surface area contributed by atoms with Crippen LogP contribution in [0.1, 0.15) is 101 Å². The van der Waals surface area contributed by atoms with Gasteiger partial charge in [0.15, 0.2) is 0 Å². The number of rotatable bonds is 8. The molecule has 0 aromatic heterocycles. The third kappa shape index (κ3) is 4.11. The van der Waals surface area contributed by atoms with Gasteiger partial charge in [-0.15, -0.1) is 0 Å². The maximum atomic E-state index is 2.41. The van der Waals surface area contributed by atoms with Crippen molar-refractivity contribution in [1.82, 2.24) is 0 Å². The summed E-state index contributed by atoms with van der Waals surface area (Å²) < 4.78 is 0. The SMILES string of the molecule is CCCCCC1CCC(CCCCC)c2ccccc21. The molecule has 0 aliphatic heterocycles. The zero-order chi connectivity index (χ0) is 14.2. The van der Waals surface area contributed by atoms with Crippen LogP contribution >= 0.6 is 0 Å². The first-order valence-electron chi connectivity index (χ1n) is 8.95. The fourth-order valence-corrected chi connectivity index (χ4v) is 3.85. The van der Waals surface area contributed by atoms with Crippen LogP contribution in [0.25, 0.3) is 0 Å². The van der Waals surface area contributed by atoms with Gasteiger partial charge < -0.3 is 0 Å². The van der Waals surface area contributed by atoms with Crippen LogP contribution < -0.4 is 0 Å². The van der Waals surface area contributed by atoms with Crippen LogP contribution in [-0.2, 0) is 0 Å². The van der Waals surface area contributed by atoms with Gasteiger partial charge in [-0.05, 0) is 48.6 Å². The Morgan fingerprint density at radius 2 is 1.20 bits per heavy atom. The zero-order valence-electron chi connectivity index (χ0n) is 13.5. The van der Waals surface area contributed by atoms with Gasteiger partial charge in [0.2, 0.25) is 0 Å². The van der Waals surface area contributed by atoms with Gasteiger partial charge in [-0.3, -0.25) is 0 Å². The monoisotopic (exact) mass is 272 g/mol. The van der Waals surface area contributed by atoms with E-state index in [1.165, 1.54) is 64.2 Å². The van der Waals surface area contributed by atoms with Gasteiger partial charge in [-0.2, -0.15) is 0 Å². The second kappa shape index (κ2) is 8.49. The second-order valence-corrected chi connectivity index (χ2v) is 6.59. The van der Waals surface area contributed by atoms with Crippen molar-refractivity contribution in [1.29, 1.82) is 0 Å². The molecule has 0 saturated heterocycles. The predicted octanol–water partition coefficient (Wildman–Crippen LogP) is 6.81. The van der Waals surface area contributed by atoms with E-state index in [1.54, 1.807) is 11.1 Å². The fraction of sp³-hybridized carbons (Fsp3) is 0.700. The molecule has 0 saturated carbocycles. The molecule has 1 aliphatic carbocycles. The number of unbranched alkanes of at least 4 members (excludes halogenated alkanes) is 4. The van der Waals surface area contributed by atoms with Crippen molar-refractivity contribution in [3.63, 3.8) is 0 Å². The summed E-state index contributed by atoms with van der Waals surface area (Å²) in [4.78, 5) is 0. The fourth-order valence-electron chi connectivity index (χ4n) is 3.85. The van der Waals surface area contributed by atoms with Gasteiger partial charge in [0.05, 0.1) is 0 Å². The maximum absolute atomic E-state index is 2.41. The minimum absolute atomic E-state index is 0.847. The molecule has 0 N–H and O–H groups in total. The lowest BCUT2D eigenvalue weighted by Gasteiger charge is -2.32. The molecule has 2 rings (SSSR count). The molecule has 0 bridgehead atoms. The summed E-state index contributed by atoms with van der Waals surface area (Å²) in [7, 11) is 0. The van der Waals surface area contributed by atoms with Crippen LogP contribution in [0.5, 0.6) is 0 Å². The highest BCUT2D eigenvalue weighted by Gasteiger charge is 2.25. The molecule has 0 heteroatoms. The molecule has 0 nitrogen and oxygen atoms in total. The Morgan fingerprint density at radius 3 is 1.60 bits per heavy atom. The van der Waals surface area contributed by atoms with Crippen molar-refractivity contribution in [2.75, 3.05) is 0 Å². The van der Waals surface area contributed by atoms with Crippen LogP contribution in [-0.4, -0.2) is 0 Å². The first kappa shape index (κ1) is 15.6. The average Bonchev–Trinajstić information content (AvgIpc) is 2.49. The second-order valence-electron chi connectivity index (χ2n) is 6.59. The lowest BCUT2D eigenvalue weighted by Crippen LogP contribution is -2.14. The van der Waals surface area contributed by atoms with Gasteiger partial charge in [-0.25, -0.2) is 0 Å². The summed E-state index contributed by atoms with van der Waals surface area (Å²) in [6.45, 7) is 4.61. The molecule has 1 aromatic carbocycles. The number of benzene rings is 1. The van der Waals surface area contributed by atoms with Crippen molar-refractivity contribution in [3.05, 3.63) is 35.4 Å². The predicted molar refractivity (Wildman–Crippen MR) is 89.4 cm³/mol. The molecule has 20 heavy (non-hydrogen) atoms. The van der Waals surface area contributed by atoms with Gasteiger partial charge in [0.1, 0.15) is 0 Å². The van der Waals surface area contributed by atoms with E-state index in [2.05, 4.69) is 38.1 Å². The Kier molecular flexibility index (Phi) is 6.63. The molecule has 0 spiro atoms. The Bertz CT molecular complexity index is 342. The zero-order valence-corrected chi connectivity index (χ0v) is 13.5. The Labute approximate surface area is 126 Å². The van der Waals surface area contributed by atoms with E-state index in [0.717, 1.165) is 11.8 Å². The van der Waals surface area contributed by atoms with E-state index in [9.17, 15) is 0 Å². The molecule has 1 aliphatic rings. The van der Waals surface area contributed by atoms with Gasteiger partial charge in [-0.1, -0.05) is 76.6 Å². The minimum Gasteiger partial charge on any atom is -0.0654 e. The van der Waals surface area contributed by atoms with Crippen molar-refractivity contribution in [3.8, 4) is 0 Å². The van der Waals surface area contributed by atoms with Crippen LogP contribution in [0.4, 0.5) is 0 Å². The molecule has 0 heterocycles. The van der Waals surface area contributed by atoms with Gasteiger partial charge >= 0.3 is 0 Å². The normalized spacial score (nSPS) is 21.7. The molecule has 0 fully saturated rings. The highest BCUT2D eigenvalue weighted by atomic mass is 14.3. The topological polar surface area (TPSA) is 0 Å². The lowest BCUT2D eigenvalue weighted by atomic mass is 9.73. The molecule has 0 radical (unpaired) electrons. The molecule has 2 atom stereocenters. The van der Waals surface area contributed by atoms with Crippen molar-refractivity contribution in [2.45, 2.75) is 89.9 Å². The summed E-state index contributed by atoms with van der Waals surface area (Å²) in [5.74, 6) is 1.69. The van der Waals surface area contributed by atoms with Gasteiger partial charge in [0, 0.05) is 0 Å². The van der Waals surface area contributed by atoms with E-state index in [4.69, 9.17) is 0 Å². The summed E-state index contributed by atoms with van der Waals surface area (Å²) in [6.07, 6.45) is 14.0. The largest absolute Gasteiger partial charge is 0.0654 e. The highest BCUT2D eigenvalue weighted by molar-refractivity contribution is 5.35. The molecule has 112 valence electrons. The summed E-state index contributed by atoms with van der Waals surface area (Å²) >= 11 is 0. The standard InChI is InChI=1S/C20H32/c1-3-5-7-11-17-15-16-18(12-8-6-4-2)20-14-10-9-13-19(17)20/h9-10,13-14,17-18H,3-8,11-12,15-16H2,1-2H3. The van der Waals surface area contributed by atoms with Gasteiger partial charge in [0.25, 0.3) is 0 Å². The Balaban J connectivity index is 2.01. The minimum atomic E-state index is 0.847.